The Kier molecular flexibility index (Phi) is 4.82. The summed E-state index contributed by atoms with van der Waals surface area (Å²) in [5.41, 5.74) is 3.62. The molecule has 0 radical (unpaired) electrons. The van der Waals surface area contributed by atoms with Gasteiger partial charge in [0.1, 0.15) is 6.61 Å². The number of ether oxygens (including phenoxy) is 1. The Morgan fingerprint density at radius 1 is 0.833 bits per heavy atom. The van der Waals surface area contributed by atoms with Crippen molar-refractivity contribution < 1.29 is 14.3 Å². The van der Waals surface area contributed by atoms with E-state index in [1.807, 2.05) is 54.6 Å². The Morgan fingerprint density at radius 2 is 1.50 bits per heavy atom. The number of aldehydes is 1. The monoisotopic (exact) mass is 316 g/mol. The first-order chi connectivity index (χ1) is 11.8. The number of hydrogen-bond acceptors (Lipinski definition) is 3. The van der Waals surface area contributed by atoms with Crippen LogP contribution in [0.2, 0.25) is 0 Å². The second-order valence-electron chi connectivity index (χ2n) is 5.30. The number of carbonyl (C=O) groups is 2. The van der Waals surface area contributed by atoms with Gasteiger partial charge in [-0.25, -0.2) is 4.79 Å². The van der Waals surface area contributed by atoms with E-state index >= 15 is 0 Å². The molecule has 0 aliphatic rings. The number of benzene rings is 3. The predicted octanol–water partition coefficient (Wildman–Crippen LogP) is 4.52. The van der Waals surface area contributed by atoms with Crippen LogP contribution in [0.5, 0.6) is 0 Å². The Bertz CT molecular complexity index is 854. The lowest BCUT2D eigenvalue weighted by Gasteiger charge is -2.11. The summed E-state index contributed by atoms with van der Waals surface area (Å²) in [6.07, 6.45) is 0.661. The van der Waals surface area contributed by atoms with E-state index in [1.165, 1.54) is 0 Å². The molecular weight excluding hydrogens is 300 g/mol. The molecule has 3 heteroatoms. The van der Waals surface area contributed by atoms with Crippen LogP contribution in [0.3, 0.4) is 0 Å². The van der Waals surface area contributed by atoms with Crippen LogP contribution in [0.4, 0.5) is 0 Å². The predicted molar refractivity (Wildman–Crippen MR) is 92.8 cm³/mol. The summed E-state index contributed by atoms with van der Waals surface area (Å²) in [5.74, 6) is -0.499. The van der Waals surface area contributed by atoms with Gasteiger partial charge in [0.25, 0.3) is 0 Å². The van der Waals surface area contributed by atoms with Crippen molar-refractivity contribution >= 4 is 12.3 Å². The second-order valence-corrected chi connectivity index (χ2v) is 5.30. The quantitative estimate of drug-likeness (QED) is 0.513. The molecule has 0 heterocycles. The first-order valence-corrected chi connectivity index (χ1v) is 7.64. The van der Waals surface area contributed by atoms with E-state index in [2.05, 4.69) is 0 Å². The normalized spacial score (nSPS) is 10.2. The summed E-state index contributed by atoms with van der Waals surface area (Å²) in [7, 11) is 0. The fraction of sp³-hybridized carbons (Fsp3) is 0.0476. The topological polar surface area (TPSA) is 43.4 Å². The first-order valence-electron chi connectivity index (χ1n) is 7.64. The van der Waals surface area contributed by atoms with Gasteiger partial charge >= 0.3 is 5.97 Å². The van der Waals surface area contributed by atoms with E-state index in [9.17, 15) is 9.59 Å². The van der Waals surface area contributed by atoms with Crippen LogP contribution in [0.1, 0.15) is 26.3 Å². The minimum Gasteiger partial charge on any atom is -0.457 e. The second kappa shape index (κ2) is 7.38. The van der Waals surface area contributed by atoms with Gasteiger partial charge in [0, 0.05) is 5.56 Å². The van der Waals surface area contributed by atoms with E-state index in [0.717, 1.165) is 16.7 Å². The molecular formula is C21H16O3. The molecule has 0 amide bonds. The number of esters is 1. The van der Waals surface area contributed by atoms with Crippen molar-refractivity contribution in [3.63, 3.8) is 0 Å². The zero-order valence-corrected chi connectivity index (χ0v) is 13.0. The van der Waals surface area contributed by atoms with Crippen LogP contribution < -0.4 is 0 Å². The molecule has 0 aliphatic heterocycles. The minimum atomic E-state index is -0.499. The van der Waals surface area contributed by atoms with Gasteiger partial charge in [-0.05, 0) is 22.8 Å². The highest BCUT2D eigenvalue weighted by molar-refractivity contribution is 5.98. The summed E-state index contributed by atoms with van der Waals surface area (Å²) in [5, 5.41) is 0. The van der Waals surface area contributed by atoms with E-state index in [-0.39, 0.29) is 12.2 Å². The molecule has 0 N–H and O–H groups in total. The van der Waals surface area contributed by atoms with Gasteiger partial charge in [0.15, 0.2) is 6.29 Å². The van der Waals surface area contributed by atoms with Crippen LogP contribution >= 0.6 is 0 Å². The van der Waals surface area contributed by atoms with Crippen LogP contribution in [0.15, 0.2) is 78.9 Å². The smallest absolute Gasteiger partial charge is 0.339 e. The van der Waals surface area contributed by atoms with Gasteiger partial charge < -0.3 is 4.74 Å². The van der Waals surface area contributed by atoms with Gasteiger partial charge in [0.05, 0.1) is 5.56 Å². The fourth-order valence-electron chi connectivity index (χ4n) is 2.55. The Hall–Kier alpha value is -3.20. The maximum Gasteiger partial charge on any atom is 0.339 e. The molecule has 24 heavy (non-hydrogen) atoms. The summed E-state index contributed by atoms with van der Waals surface area (Å²) in [4.78, 5) is 23.3. The lowest BCUT2D eigenvalue weighted by Crippen LogP contribution is -2.08. The minimum absolute atomic E-state index is 0.150. The van der Waals surface area contributed by atoms with Crippen molar-refractivity contribution in [3.05, 3.63) is 95.6 Å². The summed E-state index contributed by atoms with van der Waals surface area (Å²) < 4.78 is 5.42. The maximum absolute atomic E-state index is 12.3. The highest BCUT2D eigenvalue weighted by atomic mass is 16.5. The molecule has 0 saturated heterocycles. The van der Waals surface area contributed by atoms with E-state index in [0.29, 0.717) is 11.8 Å². The Labute approximate surface area is 140 Å². The summed E-state index contributed by atoms with van der Waals surface area (Å²) in [6.45, 7) is 0.150. The Balaban J connectivity index is 1.81. The van der Waals surface area contributed by atoms with Crippen LogP contribution in [-0.4, -0.2) is 12.3 Å². The molecule has 0 aromatic heterocycles. The van der Waals surface area contributed by atoms with Crippen molar-refractivity contribution in [1.82, 2.24) is 0 Å². The third-order valence-corrected chi connectivity index (χ3v) is 3.77. The molecule has 0 atom stereocenters. The summed E-state index contributed by atoms with van der Waals surface area (Å²) >= 11 is 0. The number of hydrogen-bond donors (Lipinski definition) is 0. The van der Waals surface area contributed by atoms with Gasteiger partial charge in [0.2, 0.25) is 0 Å². The van der Waals surface area contributed by atoms with Crippen molar-refractivity contribution in [2.45, 2.75) is 6.61 Å². The molecule has 0 bridgehead atoms. The maximum atomic E-state index is 12.3. The lowest BCUT2D eigenvalue weighted by atomic mass is 10.0. The fourth-order valence-corrected chi connectivity index (χ4v) is 2.55. The molecule has 3 rings (SSSR count). The van der Waals surface area contributed by atoms with Crippen LogP contribution in [0, 0.1) is 0 Å². The van der Waals surface area contributed by atoms with Crippen molar-refractivity contribution in [2.75, 3.05) is 0 Å². The van der Waals surface area contributed by atoms with Gasteiger partial charge in [-0.2, -0.15) is 0 Å². The van der Waals surface area contributed by atoms with Gasteiger partial charge in [-0.15, -0.1) is 0 Å². The van der Waals surface area contributed by atoms with Crippen molar-refractivity contribution in [3.8, 4) is 11.1 Å². The standard InChI is InChI=1S/C21H16O3/c22-14-17-10-4-7-13-20(17)21(23)24-15-18-11-5-6-12-19(18)16-8-2-1-3-9-16/h1-14H,15H2. The third kappa shape index (κ3) is 3.41. The molecule has 0 saturated carbocycles. The molecule has 3 aromatic carbocycles. The highest BCUT2D eigenvalue weighted by Crippen LogP contribution is 2.24. The Morgan fingerprint density at radius 3 is 2.29 bits per heavy atom. The van der Waals surface area contributed by atoms with Crippen LogP contribution in [0.25, 0.3) is 11.1 Å². The highest BCUT2D eigenvalue weighted by Gasteiger charge is 2.13. The molecule has 3 aromatic rings. The van der Waals surface area contributed by atoms with E-state index in [4.69, 9.17) is 4.74 Å². The molecule has 3 nitrogen and oxygen atoms in total. The number of carbonyl (C=O) groups excluding carboxylic acids is 2. The first kappa shape index (κ1) is 15.7. The lowest BCUT2D eigenvalue weighted by molar-refractivity contribution is 0.0471. The molecule has 0 spiro atoms. The number of rotatable bonds is 5. The largest absolute Gasteiger partial charge is 0.457 e. The average Bonchev–Trinajstić information content (AvgIpc) is 2.67. The molecule has 0 aliphatic carbocycles. The average molecular weight is 316 g/mol. The van der Waals surface area contributed by atoms with Gasteiger partial charge in [-0.1, -0.05) is 72.8 Å². The summed E-state index contributed by atoms with van der Waals surface area (Å²) in [6, 6.07) is 24.3. The molecule has 0 fully saturated rings. The zero-order chi connectivity index (χ0) is 16.8. The van der Waals surface area contributed by atoms with Gasteiger partial charge in [-0.3, -0.25) is 4.79 Å². The zero-order valence-electron chi connectivity index (χ0n) is 13.0. The molecule has 118 valence electrons. The van der Waals surface area contributed by atoms with Crippen molar-refractivity contribution in [1.29, 1.82) is 0 Å². The van der Waals surface area contributed by atoms with Crippen LogP contribution in [-0.2, 0) is 11.3 Å². The SMILES string of the molecule is O=Cc1ccccc1C(=O)OCc1ccccc1-c1ccccc1. The third-order valence-electron chi connectivity index (χ3n) is 3.77. The van der Waals surface area contributed by atoms with E-state index in [1.54, 1.807) is 24.3 Å². The van der Waals surface area contributed by atoms with E-state index < -0.39 is 5.97 Å². The van der Waals surface area contributed by atoms with Crippen molar-refractivity contribution in [2.24, 2.45) is 0 Å². The molecule has 0 unspecified atom stereocenters.